The zero-order chi connectivity index (χ0) is 40.7. The summed E-state index contributed by atoms with van der Waals surface area (Å²) in [6.07, 6.45) is 40.0. The third-order valence-electron chi connectivity index (χ3n) is 11.0. The molecule has 0 saturated carbocycles. The summed E-state index contributed by atoms with van der Waals surface area (Å²) in [4.78, 5) is 37.0. The van der Waals surface area contributed by atoms with Gasteiger partial charge in [-0.05, 0) is 12.8 Å². The lowest BCUT2D eigenvalue weighted by Gasteiger charge is -2.31. The molecule has 0 rings (SSSR count). The molecule has 2 atom stereocenters. The molecule has 0 aromatic rings. The fourth-order valence-electron chi connectivity index (χ4n) is 7.33. The summed E-state index contributed by atoms with van der Waals surface area (Å²) in [7, 11) is 5.54. The van der Waals surface area contributed by atoms with Crippen LogP contribution < -0.4 is 0 Å². The number of quaternary nitrogens is 1. The number of carboxylic acid groups (broad SMARTS) is 1. The van der Waals surface area contributed by atoms with E-state index in [4.69, 9.17) is 14.2 Å². The number of hydrogen-bond donors (Lipinski definition) is 1. The van der Waals surface area contributed by atoms with Crippen LogP contribution in [-0.4, -0.2) is 80.6 Å². The first-order valence-electron chi connectivity index (χ1n) is 23.6. The van der Waals surface area contributed by atoms with Crippen LogP contribution in [0.5, 0.6) is 0 Å². The molecule has 1 N–H and O–H groups in total. The van der Waals surface area contributed by atoms with Crippen LogP contribution in [0, 0.1) is 0 Å². The fraction of sp³-hybridized carbons (Fsp3) is 0.936. The minimum absolute atomic E-state index is 0.0418. The van der Waals surface area contributed by atoms with E-state index >= 15 is 0 Å². The van der Waals surface area contributed by atoms with Crippen LogP contribution in [0.4, 0.5) is 0 Å². The summed E-state index contributed by atoms with van der Waals surface area (Å²) in [6.45, 7) is 4.78. The van der Waals surface area contributed by atoms with Crippen molar-refractivity contribution in [2.24, 2.45) is 0 Å². The molecule has 0 spiro atoms. The van der Waals surface area contributed by atoms with E-state index in [2.05, 4.69) is 13.8 Å². The van der Waals surface area contributed by atoms with Crippen molar-refractivity contribution in [3.8, 4) is 0 Å². The predicted molar refractivity (Wildman–Crippen MR) is 229 cm³/mol. The van der Waals surface area contributed by atoms with Crippen LogP contribution in [-0.2, 0) is 28.6 Å². The largest absolute Gasteiger partial charge is 0.477 e. The minimum atomic E-state index is -0.870. The molecule has 0 aliphatic rings. The number of likely N-dealkylation sites (N-methyl/N-ethyl adjacent to an activating group) is 1. The van der Waals surface area contributed by atoms with Crippen molar-refractivity contribution >= 4 is 17.9 Å². The molecule has 326 valence electrons. The Bertz CT molecular complexity index is 874. The van der Waals surface area contributed by atoms with Crippen molar-refractivity contribution in [3.05, 3.63) is 0 Å². The minimum Gasteiger partial charge on any atom is -0.477 e. The second-order valence-electron chi connectivity index (χ2n) is 17.4. The highest BCUT2D eigenvalue weighted by molar-refractivity contribution is 5.72. The highest BCUT2D eigenvalue weighted by Crippen LogP contribution is 2.16. The summed E-state index contributed by atoms with van der Waals surface area (Å²) in [6, 6.07) is -0.608. The Morgan fingerprint density at radius 2 is 0.800 bits per heavy atom. The SMILES string of the molecule is CCCCCCCCCCCCCCCCCCCCCC(=O)OCC(COCCC(C(=O)O)[N+](C)(C)C)OC(=O)CCCCCCCCCCCCCC. The Morgan fingerprint density at radius 3 is 1.13 bits per heavy atom. The van der Waals surface area contributed by atoms with Gasteiger partial charge in [-0.1, -0.05) is 200 Å². The molecule has 0 saturated heterocycles. The van der Waals surface area contributed by atoms with Gasteiger partial charge in [-0.2, -0.15) is 0 Å². The Kier molecular flexibility index (Phi) is 38.0. The van der Waals surface area contributed by atoms with Gasteiger partial charge in [0.15, 0.2) is 12.1 Å². The molecule has 0 aromatic heterocycles. The molecule has 0 bridgehead atoms. The maximum Gasteiger partial charge on any atom is 0.362 e. The van der Waals surface area contributed by atoms with Gasteiger partial charge in [-0.25, -0.2) is 4.79 Å². The summed E-state index contributed by atoms with van der Waals surface area (Å²) < 4.78 is 17.3. The van der Waals surface area contributed by atoms with Crippen molar-refractivity contribution in [1.82, 2.24) is 0 Å². The lowest BCUT2D eigenvalue weighted by atomic mass is 10.0. The summed E-state index contributed by atoms with van der Waals surface area (Å²) in [5.41, 5.74) is 0. The second kappa shape index (κ2) is 39.2. The zero-order valence-corrected chi connectivity index (χ0v) is 37.2. The first-order chi connectivity index (χ1) is 26.6. The van der Waals surface area contributed by atoms with E-state index in [0.717, 1.165) is 38.5 Å². The summed E-state index contributed by atoms with van der Waals surface area (Å²) >= 11 is 0. The van der Waals surface area contributed by atoms with E-state index in [1.165, 1.54) is 161 Å². The van der Waals surface area contributed by atoms with Crippen molar-refractivity contribution < 1.29 is 38.2 Å². The third-order valence-corrected chi connectivity index (χ3v) is 11.0. The molecular formula is C47H92NO7+. The summed E-state index contributed by atoms with van der Waals surface area (Å²) in [5.74, 6) is -1.44. The van der Waals surface area contributed by atoms with E-state index in [9.17, 15) is 19.5 Å². The van der Waals surface area contributed by atoms with E-state index in [1.807, 2.05) is 21.1 Å². The number of aliphatic carboxylic acids is 1. The monoisotopic (exact) mass is 783 g/mol. The fourth-order valence-corrected chi connectivity index (χ4v) is 7.33. The van der Waals surface area contributed by atoms with Crippen molar-refractivity contribution in [1.29, 1.82) is 0 Å². The molecule has 0 aliphatic heterocycles. The Morgan fingerprint density at radius 1 is 0.473 bits per heavy atom. The van der Waals surface area contributed by atoms with Crippen LogP contribution in [0.2, 0.25) is 0 Å². The molecule has 2 unspecified atom stereocenters. The number of esters is 2. The number of carbonyl (C=O) groups is 3. The maximum absolute atomic E-state index is 12.7. The highest BCUT2D eigenvalue weighted by Gasteiger charge is 2.31. The first-order valence-corrected chi connectivity index (χ1v) is 23.6. The molecule has 0 amide bonds. The Labute approximate surface area is 340 Å². The number of hydrogen-bond acceptors (Lipinski definition) is 6. The van der Waals surface area contributed by atoms with Crippen LogP contribution in [0.15, 0.2) is 0 Å². The van der Waals surface area contributed by atoms with Gasteiger partial charge in [0, 0.05) is 19.3 Å². The van der Waals surface area contributed by atoms with Crippen molar-refractivity contribution in [2.75, 3.05) is 41.0 Å². The van der Waals surface area contributed by atoms with Crippen molar-refractivity contribution in [2.45, 2.75) is 244 Å². The smallest absolute Gasteiger partial charge is 0.362 e. The lowest BCUT2D eigenvalue weighted by Crippen LogP contribution is -2.50. The molecule has 8 nitrogen and oxygen atoms in total. The molecule has 0 aliphatic carbocycles. The van der Waals surface area contributed by atoms with Crippen LogP contribution in [0.25, 0.3) is 0 Å². The second-order valence-corrected chi connectivity index (χ2v) is 17.4. The molecular weight excluding hydrogens is 691 g/mol. The predicted octanol–water partition coefficient (Wildman–Crippen LogP) is 12.9. The van der Waals surface area contributed by atoms with Gasteiger partial charge >= 0.3 is 17.9 Å². The molecule has 0 radical (unpaired) electrons. The molecule has 0 fully saturated rings. The van der Waals surface area contributed by atoms with Gasteiger partial charge in [0.2, 0.25) is 0 Å². The van der Waals surface area contributed by atoms with Gasteiger partial charge in [0.05, 0.1) is 34.4 Å². The van der Waals surface area contributed by atoms with Crippen LogP contribution in [0.3, 0.4) is 0 Å². The van der Waals surface area contributed by atoms with Crippen molar-refractivity contribution in [3.63, 3.8) is 0 Å². The maximum atomic E-state index is 12.7. The first kappa shape index (κ1) is 53.3. The molecule has 0 heterocycles. The van der Waals surface area contributed by atoms with E-state index in [1.54, 1.807) is 0 Å². The number of rotatable bonds is 43. The highest BCUT2D eigenvalue weighted by atomic mass is 16.6. The quantitative estimate of drug-likeness (QED) is 0.0373. The number of carboxylic acids is 1. The van der Waals surface area contributed by atoms with Crippen LogP contribution in [0.1, 0.15) is 232 Å². The average Bonchev–Trinajstić information content (AvgIpc) is 3.14. The molecule has 55 heavy (non-hydrogen) atoms. The number of nitrogens with zero attached hydrogens (tertiary/aromatic N) is 1. The molecule has 0 aromatic carbocycles. The van der Waals surface area contributed by atoms with Gasteiger partial charge in [0.1, 0.15) is 6.61 Å². The van der Waals surface area contributed by atoms with Crippen LogP contribution >= 0.6 is 0 Å². The van der Waals surface area contributed by atoms with Gasteiger partial charge in [0.25, 0.3) is 0 Å². The number of unbranched alkanes of at least 4 members (excludes halogenated alkanes) is 29. The lowest BCUT2D eigenvalue weighted by molar-refractivity contribution is -0.887. The Balaban J connectivity index is 4.20. The number of carbonyl (C=O) groups excluding carboxylic acids is 2. The normalized spacial score (nSPS) is 12.8. The van der Waals surface area contributed by atoms with Gasteiger partial charge in [-0.15, -0.1) is 0 Å². The van der Waals surface area contributed by atoms with E-state index in [-0.39, 0.29) is 36.2 Å². The standard InChI is InChI=1S/C47H91NO7/c1-6-8-10-12-14-16-18-20-21-22-23-24-25-26-28-29-31-33-35-37-45(49)54-42-43(41-53-40-39-44(47(51)52)48(3,4)5)55-46(50)38-36-34-32-30-27-19-17-15-13-11-9-7-2/h43-44H,6-42H2,1-5H3/p+1. The number of ether oxygens (including phenoxy) is 3. The Hall–Kier alpha value is -1.67. The topological polar surface area (TPSA) is 99.1 Å². The van der Waals surface area contributed by atoms with E-state index in [0.29, 0.717) is 19.3 Å². The summed E-state index contributed by atoms with van der Waals surface area (Å²) in [5, 5.41) is 9.62. The zero-order valence-electron chi connectivity index (χ0n) is 37.2. The van der Waals surface area contributed by atoms with E-state index < -0.39 is 18.1 Å². The average molecular weight is 783 g/mol. The van der Waals surface area contributed by atoms with Gasteiger partial charge in [-0.3, -0.25) is 9.59 Å². The van der Waals surface area contributed by atoms with Gasteiger partial charge < -0.3 is 23.8 Å². The third kappa shape index (κ3) is 37.7. The molecule has 8 heteroatoms.